The fourth-order valence-electron chi connectivity index (χ4n) is 2.58. The summed E-state index contributed by atoms with van der Waals surface area (Å²) in [5.41, 5.74) is 10.2. The third-order valence-electron chi connectivity index (χ3n) is 3.89. The van der Waals surface area contributed by atoms with E-state index in [0.29, 0.717) is 17.8 Å². The summed E-state index contributed by atoms with van der Waals surface area (Å²) in [5.74, 6) is -0.322. The van der Waals surface area contributed by atoms with Crippen LogP contribution < -0.4 is 5.73 Å². The minimum absolute atomic E-state index is 0.289. The predicted octanol–water partition coefficient (Wildman–Crippen LogP) is 2.96. The SMILES string of the molecule is Cc1ccc(CCc2c(CN)nnn2-c2ccccc2F)cc1. The molecule has 2 aromatic carbocycles. The van der Waals surface area contributed by atoms with Gasteiger partial charge in [-0.3, -0.25) is 0 Å². The van der Waals surface area contributed by atoms with E-state index < -0.39 is 0 Å². The van der Waals surface area contributed by atoms with Crippen molar-refractivity contribution in [3.8, 4) is 5.69 Å². The first-order valence-electron chi connectivity index (χ1n) is 7.63. The molecule has 0 atom stereocenters. The summed E-state index contributed by atoms with van der Waals surface area (Å²) in [4.78, 5) is 0. The molecule has 0 saturated heterocycles. The van der Waals surface area contributed by atoms with Crippen molar-refractivity contribution >= 4 is 0 Å². The number of nitrogens with zero attached hydrogens (tertiary/aromatic N) is 3. The van der Waals surface area contributed by atoms with Gasteiger partial charge < -0.3 is 5.73 Å². The Morgan fingerprint density at radius 1 is 1.04 bits per heavy atom. The van der Waals surface area contributed by atoms with E-state index in [9.17, 15) is 4.39 Å². The zero-order valence-electron chi connectivity index (χ0n) is 13.0. The second-order valence-electron chi connectivity index (χ2n) is 5.54. The normalized spacial score (nSPS) is 10.9. The molecule has 0 saturated carbocycles. The van der Waals surface area contributed by atoms with Gasteiger partial charge in [-0.05, 0) is 37.5 Å². The van der Waals surface area contributed by atoms with Crippen molar-refractivity contribution in [2.75, 3.05) is 0 Å². The van der Waals surface area contributed by atoms with Crippen molar-refractivity contribution in [1.82, 2.24) is 15.0 Å². The lowest BCUT2D eigenvalue weighted by Crippen LogP contribution is -2.09. The Kier molecular flexibility index (Phi) is 4.48. The molecule has 118 valence electrons. The van der Waals surface area contributed by atoms with Gasteiger partial charge >= 0.3 is 0 Å². The van der Waals surface area contributed by atoms with E-state index in [1.54, 1.807) is 22.9 Å². The van der Waals surface area contributed by atoms with Crippen LogP contribution in [0, 0.1) is 12.7 Å². The first-order valence-corrected chi connectivity index (χ1v) is 7.63. The second-order valence-corrected chi connectivity index (χ2v) is 5.54. The maximum atomic E-state index is 14.1. The predicted molar refractivity (Wildman–Crippen MR) is 87.8 cm³/mol. The summed E-state index contributed by atoms with van der Waals surface area (Å²) in [6, 6.07) is 14.9. The molecule has 4 nitrogen and oxygen atoms in total. The number of benzene rings is 2. The molecule has 0 spiro atoms. The molecule has 0 aliphatic rings. The van der Waals surface area contributed by atoms with Crippen LogP contribution in [-0.2, 0) is 19.4 Å². The second kappa shape index (κ2) is 6.71. The average Bonchev–Trinajstić information content (AvgIpc) is 2.97. The molecule has 0 bridgehead atoms. The molecule has 3 rings (SSSR count). The highest BCUT2D eigenvalue weighted by atomic mass is 19.1. The molecule has 0 unspecified atom stereocenters. The molecule has 0 amide bonds. The molecule has 3 aromatic rings. The molecule has 0 fully saturated rings. The number of nitrogens with two attached hydrogens (primary N) is 1. The smallest absolute Gasteiger partial charge is 0.148 e. The van der Waals surface area contributed by atoms with Gasteiger partial charge in [-0.15, -0.1) is 5.10 Å². The van der Waals surface area contributed by atoms with Gasteiger partial charge in [0.15, 0.2) is 0 Å². The number of rotatable bonds is 5. The standard InChI is InChI=1S/C18H19FN4/c1-13-6-8-14(9-7-13)10-11-18-16(12-20)21-22-23(18)17-5-3-2-4-15(17)19/h2-9H,10-12,20H2,1H3. The summed E-state index contributed by atoms with van der Waals surface area (Å²) >= 11 is 0. The quantitative estimate of drug-likeness (QED) is 0.788. The topological polar surface area (TPSA) is 56.7 Å². The number of halogens is 1. The van der Waals surface area contributed by atoms with Gasteiger partial charge in [0.05, 0.1) is 11.4 Å². The van der Waals surface area contributed by atoms with E-state index in [-0.39, 0.29) is 12.4 Å². The number of hydrogen-bond acceptors (Lipinski definition) is 3. The molecule has 2 N–H and O–H groups in total. The van der Waals surface area contributed by atoms with Crippen LogP contribution in [0.25, 0.3) is 5.69 Å². The molecular formula is C18H19FN4. The lowest BCUT2D eigenvalue weighted by molar-refractivity contribution is 0.601. The zero-order chi connectivity index (χ0) is 16.2. The largest absolute Gasteiger partial charge is 0.325 e. The van der Waals surface area contributed by atoms with Crippen LogP contribution in [0.1, 0.15) is 22.5 Å². The highest BCUT2D eigenvalue weighted by Gasteiger charge is 2.15. The minimum atomic E-state index is -0.322. The molecule has 1 aromatic heterocycles. The molecule has 0 aliphatic heterocycles. The lowest BCUT2D eigenvalue weighted by Gasteiger charge is -2.09. The fraction of sp³-hybridized carbons (Fsp3) is 0.222. The lowest BCUT2D eigenvalue weighted by atomic mass is 10.1. The van der Waals surface area contributed by atoms with Crippen LogP contribution in [0.15, 0.2) is 48.5 Å². The van der Waals surface area contributed by atoms with Crippen molar-refractivity contribution in [3.05, 3.63) is 76.9 Å². The van der Waals surface area contributed by atoms with Gasteiger partial charge in [0.25, 0.3) is 0 Å². The number of hydrogen-bond donors (Lipinski definition) is 1. The molecule has 5 heteroatoms. The van der Waals surface area contributed by atoms with Crippen molar-refractivity contribution in [3.63, 3.8) is 0 Å². The fourth-order valence-corrected chi connectivity index (χ4v) is 2.58. The van der Waals surface area contributed by atoms with E-state index in [0.717, 1.165) is 12.1 Å². The molecule has 1 heterocycles. The molecule has 0 radical (unpaired) electrons. The highest BCUT2D eigenvalue weighted by molar-refractivity contribution is 5.35. The van der Waals surface area contributed by atoms with E-state index in [1.165, 1.54) is 17.2 Å². The van der Waals surface area contributed by atoms with E-state index in [4.69, 9.17) is 5.73 Å². The zero-order valence-corrected chi connectivity index (χ0v) is 13.0. The Morgan fingerprint density at radius 3 is 2.48 bits per heavy atom. The number of para-hydroxylation sites is 1. The van der Waals surface area contributed by atoms with Crippen molar-refractivity contribution < 1.29 is 4.39 Å². The van der Waals surface area contributed by atoms with Gasteiger partial charge in [-0.2, -0.15) is 0 Å². The summed E-state index contributed by atoms with van der Waals surface area (Å²) in [6.07, 6.45) is 1.53. The Bertz CT molecular complexity index is 793. The first kappa shape index (κ1) is 15.4. The van der Waals surface area contributed by atoms with E-state index in [1.807, 2.05) is 0 Å². The Balaban J connectivity index is 1.90. The number of aromatic nitrogens is 3. The van der Waals surface area contributed by atoms with Crippen LogP contribution in [0.3, 0.4) is 0 Å². The Morgan fingerprint density at radius 2 is 1.78 bits per heavy atom. The van der Waals surface area contributed by atoms with Crippen LogP contribution in [-0.4, -0.2) is 15.0 Å². The maximum absolute atomic E-state index is 14.1. The molecule has 23 heavy (non-hydrogen) atoms. The van der Waals surface area contributed by atoms with E-state index in [2.05, 4.69) is 41.5 Å². The third-order valence-corrected chi connectivity index (χ3v) is 3.89. The van der Waals surface area contributed by atoms with Crippen molar-refractivity contribution in [2.24, 2.45) is 5.73 Å². The van der Waals surface area contributed by atoms with Crippen molar-refractivity contribution in [1.29, 1.82) is 0 Å². The minimum Gasteiger partial charge on any atom is -0.325 e. The van der Waals surface area contributed by atoms with Crippen LogP contribution in [0.2, 0.25) is 0 Å². The third kappa shape index (κ3) is 3.29. The Hall–Kier alpha value is -2.53. The first-order chi connectivity index (χ1) is 11.2. The van der Waals surface area contributed by atoms with Crippen LogP contribution in [0.5, 0.6) is 0 Å². The Labute approximate surface area is 134 Å². The molecule has 0 aliphatic carbocycles. The summed E-state index contributed by atoms with van der Waals surface area (Å²) in [5, 5.41) is 8.19. The van der Waals surface area contributed by atoms with Crippen LogP contribution in [0.4, 0.5) is 4.39 Å². The van der Waals surface area contributed by atoms with Gasteiger partial charge in [0.2, 0.25) is 0 Å². The monoisotopic (exact) mass is 310 g/mol. The maximum Gasteiger partial charge on any atom is 0.148 e. The van der Waals surface area contributed by atoms with E-state index >= 15 is 0 Å². The average molecular weight is 310 g/mol. The summed E-state index contributed by atoms with van der Waals surface area (Å²) in [6.45, 7) is 2.35. The van der Waals surface area contributed by atoms with Crippen molar-refractivity contribution in [2.45, 2.75) is 26.3 Å². The highest BCUT2D eigenvalue weighted by Crippen LogP contribution is 2.18. The van der Waals surface area contributed by atoms with Gasteiger partial charge in [0.1, 0.15) is 11.5 Å². The van der Waals surface area contributed by atoms with Gasteiger partial charge in [0, 0.05) is 6.54 Å². The summed E-state index contributed by atoms with van der Waals surface area (Å²) < 4.78 is 15.6. The summed E-state index contributed by atoms with van der Waals surface area (Å²) in [7, 11) is 0. The van der Waals surface area contributed by atoms with Gasteiger partial charge in [-0.1, -0.05) is 47.2 Å². The van der Waals surface area contributed by atoms with Crippen LogP contribution >= 0.6 is 0 Å². The van der Waals surface area contributed by atoms with Gasteiger partial charge in [-0.25, -0.2) is 9.07 Å². The molecular weight excluding hydrogens is 291 g/mol. The number of aryl methyl sites for hydroxylation is 2.